The third-order valence-electron chi connectivity index (χ3n) is 3.70. The van der Waals surface area contributed by atoms with E-state index in [-0.39, 0.29) is 11.7 Å². The summed E-state index contributed by atoms with van der Waals surface area (Å²) < 4.78 is 1.89. The van der Waals surface area contributed by atoms with E-state index in [9.17, 15) is 4.79 Å². The summed E-state index contributed by atoms with van der Waals surface area (Å²) in [6.07, 6.45) is 0. The molecule has 1 amide bonds. The number of amides is 1. The van der Waals surface area contributed by atoms with Crippen LogP contribution in [0.5, 0.6) is 0 Å². The normalized spacial score (nSPS) is 10.8. The van der Waals surface area contributed by atoms with Crippen LogP contribution in [0.25, 0.3) is 11.4 Å². The summed E-state index contributed by atoms with van der Waals surface area (Å²) >= 11 is 13.2. The minimum atomic E-state index is -0.172. The molecule has 134 valence electrons. The standard InChI is InChI=1S/C18H16Cl2N4OS/c1-11-5-3-4-6-15(11)17-22-23-18(24(17)2)26-10-16(25)21-14-8-12(19)7-13(20)9-14/h3-9H,10H2,1-2H3,(H,21,25). The molecule has 0 saturated heterocycles. The summed E-state index contributed by atoms with van der Waals surface area (Å²) in [5.41, 5.74) is 2.70. The van der Waals surface area contributed by atoms with Crippen molar-refractivity contribution in [3.05, 3.63) is 58.1 Å². The largest absolute Gasteiger partial charge is 0.325 e. The molecule has 8 heteroatoms. The molecule has 5 nitrogen and oxygen atoms in total. The van der Waals surface area contributed by atoms with Gasteiger partial charge in [0.2, 0.25) is 5.91 Å². The second-order valence-electron chi connectivity index (χ2n) is 5.68. The summed E-state index contributed by atoms with van der Waals surface area (Å²) in [6.45, 7) is 2.03. The van der Waals surface area contributed by atoms with Gasteiger partial charge >= 0.3 is 0 Å². The smallest absolute Gasteiger partial charge is 0.234 e. The second kappa shape index (κ2) is 8.12. The Morgan fingerprint density at radius 2 is 1.85 bits per heavy atom. The topological polar surface area (TPSA) is 59.8 Å². The maximum absolute atomic E-state index is 12.2. The molecule has 0 atom stereocenters. The molecule has 0 aliphatic rings. The maximum atomic E-state index is 12.2. The Morgan fingerprint density at radius 1 is 1.15 bits per heavy atom. The van der Waals surface area contributed by atoms with Gasteiger partial charge in [-0.15, -0.1) is 10.2 Å². The van der Waals surface area contributed by atoms with Crippen molar-refractivity contribution in [3.63, 3.8) is 0 Å². The zero-order valence-electron chi connectivity index (χ0n) is 14.2. The Morgan fingerprint density at radius 3 is 2.54 bits per heavy atom. The second-order valence-corrected chi connectivity index (χ2v) is 7.49. The van der Waals surface area contributed by atoms with Gasteiger partial charge in [-0.1, -0.05) is 59.2 Å². The molecule has 2 aromatic carbocycles. The number of carbonyl (C=O) groups excluding carboxylic acids is 1. The highest BCUT2D eigenvalue weighted by Crippen LogP contribution is 2.26. The van der Waals surface area contributed by atoms with Gasteiger partial charge in [0.1, 0.15) is 0 Å². The summed E-state index contributed by atoms with van der Waals surface area (Å²) in [5, 5.41) is 12.8. The number of thioether (sulfide) groups is 1. The summed E-state index contributed by atoms with van der Waals surface area (Å²) in [6, 6.07) is 12.9. The molecule has 0 fully saturated rings. The van der Waals surface area contributed by atoms with Crippen LogP contribution in [-0.2, 0) is 11.8 Å². The molecule has 1 N–H and O–H groups in total. The number of halogens is 2. The van der Waals surface area contributed by atoms with Crippen LogP contribution in [0.3, 0.4) is 0 Å². The Kier molecular flexibility index (Phi) is 5.86. The number of nitrogens with one attached hydrogen (secondary N) is 1. The molecule has 0 aliphatic carbocycles. The molecule has 3 rings (SSSR count). The Labute approximate surface area is 165 Å². The molecule has 0 spiro atoms. The predicted molar refractivity (Wildman–Crippen MR) is 107 cm³/mol. The first-order valence-corrected chi connectivity index (χ1v) is 9.52. The van der Waals surface area contributed by atoms with Crippen molar-refractivity contribution < 1.29 is 4.79 Å². The Bertz CT molecular complexity index is 938. The van der Waals surface area contributed by atoms with Crippen LogP contribution in [0.1, 0.15) is 5.56 Å². The molecule has 1 heterocycles. The van der Waals surface area contributed by atoms with Crippen molar-refractivity contribution in [2.75, 3.05) is 11.1 Å². The third-order valence-corrected chi connectivity index (χ3v) is 5.16. The lowest BCUT2D eigenvalue weighted by Gasteiger charge is -2.07. The molecule has 0 unspecified atom stereocenters. The average Bonchev–Trinajstić information content (AvgIpc) is 2.93. The van der Waals surface area contributed by atoms with Crippen molar-refractivity contribution in [1.29, 1.82) is 0 Å². The maximum Gasteiger partial charge on any atom is 0.234 e. The number of aromatic nitrogens is 3. The first-order chi connectivity index (χ1) is 12.4. The lowest BCUT2D eigenvalue weighted by Crippen LogP contribution is -2.14. The minimum absolute atomic E-state index is 0.172. The van der Waals surface area contributed by atoms with Crippen molar-refractivity contribution in [2.24, 2.45) is 7.05 Å². The van der Waals surface area contributed by atoms with E-state index in [0.29, 0.717) is 20.9 Å². The van der Waals surface area contributed by atoms with Gasteiger partial charge in [0.05, 0.1) is 5.75 Å². The lowest BCUT2D eigenvalue weighted by molar-refractivity contribution is -0.113. The molecule has 1 aromatic heterocycles. The SMILES string of the molecule is Cc1ccccc1-c1nnc(SCC(=O)Nc2cc(Cl)cc(Cl)c2)n1C. The molecule has 26 heavy (non-hydrogen) atoms. The van der Waals surface area contributed by atoms with E-state index >= 15 is 0 Å². The van der Waals surface area contributed by atoms with Crippen LogP contribution in [-0.4, -0.2) is 26.4 Å². The number of hydrogen-bond donors (Lipinski definition) is 1. The molecule has 0 saturated carbocycles. The van der Waals surface area contributed by atoms with E-state index in [4.69, 9.17) is 23.2 Å². The highest BCUT2D eigenvalue weighted by Gasteiger charge is 2.14. The summed E-state index contributed by atoms with van der Waals surface area (Å²) in [4.78, 5) is 12.2. The quantitative estimate of drug-likeness (QED) is 0.616. The molecule has 3 aromatic rings. The van der Waals surface area contributed by atoms with Gasteiger partial charge < -0.3 is 9.88 Å². The van der Waals surface area contributed by atoms with Crippen molar-refractivity contribution >= 4 is 46.6 Å². The zero-order chi connectivity index (χ0) is 18.7. The predicted octanol–water partition coefficient (Wildman–Crippen LogP) is 4.83. The lowest BCUT2D eigenvalue weighted by atomic mass is 10.1. The van der Waals surface area contributed by atoms with Crippen LogP contribution in [0, 0.1) is 6.92 Å². The van der Waals surface area contributed by atoms with Gasteiger partial charge in [-0.25, -0.2) is 0 Å². The van der Waals surface area contributed by atoms with Crippen LogP contribution < -0.4 is 5.32 Å². The van der Waals surface area contributed by atoms with Gasteiger partial charge in [-0.2, -0.15) is 0 Å². The van der Waals surface area contributed by atoms with Crippen molar-refractivity contribution in [1.82, 2.24) is 14.8 Å². The fourth-order valence-electron chi connectivity index (χ4n) is 2.45. The fraction of sp³-hybridized carbons (Fsp3) is 0.167. The van der Waals surface area contributed by atoms with Crippen LogP contribution in [0.4, 0.5) is 5.69 Å². The van der Waals surface area contributed by atoms with Crippen molar-refractivity contribution in [2.45, 2.75) is 12.1 Å². The van der Waals surface area contributed by atoms with E-state index < -0.39 is 0 Å². The number of hydrogen-bond acceptors (Lipinski definition) is 4. The summed E-state index contributed by atoms with van der Waals surface area (Å²) in [5.74, 6) is 0.797. The van der Waals surface area contributed by atoms with Crippen LogP contribution >= 0.6 is 35.0 Å². The zero-order valence-corrected chi connectivity index (χ0v) is 16.5. The molecular formula is C18H16Cl2N4OS. The van der Waals surface area contributed by atoms with E-state index in [1.54, 1.807) is 18.2 Å². The minimum Gasteiger partial charge on any atom is -0.325 e. The van der Waals surface area contributed by atoms with Gasteiger partial charge in [0.25, 0.3) is 0 Å². The van der Waals surface area contributed by atoms with E-state index in [0.717, 1.165) is 17.0 Å². The highest BCUT2D eigenvalue weighted by molar-refractivity contribution is 7.99. The first-order valence-electron chi connectivity index (χ1n) is 7.78. The highest BCUT2D eigenvalue weighted by atomic mass is 35.5. The molecule has 0 bridgehead atoms. The van der Waals surface area contributed by atoms with Gasteiger partial charge in [0, 0.05) is 28.3 Å². The monoisotopic (exact) mass is 406 g/mol. The number of rotatable bonds is 5. The molecular weight excluding hydrogens is 391 g/mol. The van der Waals surface area contributed by atoms with Gasteiger partial charge in [-0.3, -0.25) is 4.79 Å². The Hall–Kier alpha value is -2.02. The summed E-state index contributed by atoms with van der Waals surface area (Å²) in [7, 11) is 1.89. The number of carbonyl (C=O) groups is 1. The van der Waals surface area contributed by atoms with E-state index in [1.807, 2.05) is 42.8 Å². The van der Waals surface area contributed by atoms with Crippen LogP contribution in [0.15, 0.2) is 47.6 Å². The number of nitrogens with zero attached hydrogens (tertiary/aromatic N) is 3. The van der Waals surface area contributed by atoms with Gasteiger partial charge in [-0.05, 0) is 30.7 Å². The number of benzene rings is 2. The van der Waals surface area contributed by atoms with E-state index in [2.05, 4.69) is 15.5 Å². The first kappa shape index (κ1) is 18.8. The number of aryl methyl sites for hydroxylation is 1. The van der Waals surface area contributed by atoms with Crippen molar-refractivity contribution in [3.8, 4) is 11.4 Å². The third kappa shape index (κ3) is 4.38. The van der Waals surface area contributed by atoms with E-state index in [1.165, 1.54) is 11.8 Å². The van der Waals surface area contributed by atoms with Crippen LogP contribution in [0.2, 0.25) is 10.0 Å². The Balaban J connectivity index is 1.67. The van der Waals surface area contributed by atoms with Gasteiger partial charge in [0.15, 0.2) is 11.0 Å². The molecule has 0 aliphatic heterocycles. The fourth-order valence-corrected chi connectivity index (χ4v) is 3.69. The molecule has 0 radical (unpaired) electrons. The average molecular weight is 407 g/mol. The number of anilines is 1.